The molecule has 0 aromatic heterocycles. The maximum Gasteiger partial charge on any atom is 0.342 e. The first-order valence-corrected chi connectivity index (χ1v) is 5.99. The van der Waals surface area contributed by atoms with E-state index >= 15 is 0 Å². The molecule has 0 saturated heterocycles. The van der Waals surface area contributed by atoms with Crippen LogP contribution in [0.2, 0.25) is 0 Å². The Kier molecular flexibility index (Phi) is 4.27. The predicted molar refractivity (Wildman–Crippen MR) is 70.2 cm³/mol. The molecule has 0 fully saturated rings. The van der Waals surface area contributed by atoms with Gasteiger partial charge in [0.25, 0.3) is 5.91 Å². The molecular weight excluding hydrogens is 280 g/mol. The average molecular weight is 291 g/mol. The van der Waals surface area contributed by atoms with Crippen LogP contribution in [0, 0.1) is 11.6 Å². The molecule has 1 atom stereocenters. The lowest BCUT2D eigenvalue weighted by molar-refractivity contribution is -0.127. The summed E-state index contributed by atoms with van der Waals surface area (Å²) in [5.41, 5.74) is 5.08. The molecule has 2 aromatic rings. The Hall–Kier alpha value is -2.76. The number of carbonyl (C=O) groups is 2. The normalized spacial score (nSPS) is 11.7. The molecule has 2 N–H and O–H groups in total. The monoisotopic (exact) mass is 291 g/mol. The molecule has 0 radical (unpaired) electrons. The first kappa shape index (κ1) is 14.6. The number of rotatable bonds is 4. The molecule has 0 spiro atoms. The van der Waals surface area contributed by atoms with E-state index in [4.69, 9.17) is 10.5 Å². The second-order valence-corrected chi connectivity index (χ2v) is 4.22. The van der Waals surface area contributed by atoms with Gasteiger partial charge >= 0.3 is 5.97 Å². The van der Waals surface area contributed by atoms with Crippen LogP contribution in [0.3, 0.4) is 0 Å². The van der Waals surface area contributed by atoms with E-state index in [0.29, 0.717) is 11.6 Å². The number of carbonyl (C=O) groups excluding carboxylic acids is 2. The van der Waals surface area contributed by atoms with Gasteiger partial charge in [-0.15, -0.1) is 0 Å². The van der Waals surface area contributed by atoms with E-state index in [1.807, 2.05) is 0 Å². The van der Waals surface area contributed by atoms with Crippen molar-refractivity contribution in [1.82, 2.24) is 0 Å². The van der Waals surface area contributed by atoms with E-state index in [2.05, 4.69) is 0 Å². The van der Waals surface area contributed by atoms with Gasteiger partial charge in [0.2, 0.25) is 6.10 Å². The average Bonchev–Trinajstić information content (AvgIpc) is 2.45. The summed E-state index contributed by atoms with van der Waals surface area (Å²) >= 11 is 0. The van der Waals surface area contributed by atoms with E-state index in [-0.39, 0.29) is 0 Å². The minimum absolute atomic E-state index is 0.362. The summed E-state index contributed by atoms with van der Waals surface area (Å²) in [4.78, 5) is 23.3. The van der Waals surface area contributed by atoms with Crippen molar-refractivity contribution in [3.8, 4) is 0 Å². The Balaban J connectivity index is 2.25. The lowest BCUT2D eigenvalue weighted by Crippen LogP contribution is -2.26. The fraction of sp³-hybridized carbons (Fsp3) is 0.0667. The molecule has 2 aromatic carbocycles. The van der Waals surface area contributed by atoms with E-state index < -0.39 is 35.2 Å². The minimum Gasteiger partial charge on any atom is -0.444 e. The number of hydrogen-bond acceptors (Lipinski definition) is 3. The van der Waals surface area contributed by atoms with Crippen LogP contribution in [0.4, 0.5) is 8.78 Å². The van der Waals surface area contributed by atoms with Crippen LogP contribution in [0.1, 0.15) is 22.0 Å². The molecule has 2 rings (SSSR count). The molecule has 0 aliphatic heterocycles. The van der Waals surface area contributed by atoms with Gasteiger partial charge in [-0.25, -0.2) is 13.6 Å². The maximum atomic E-state index is 13.5. The quantitative estimate of drug-likeness (QED) is 0.879. The molecule has 0 heterocycles. The maximum absolute atomic E-state index is 13.5. The summed E-state index contributed by atoms with van der Waals surface area (Å²) in [5, 5.41) is 0. The van der Waals surface area contributed by atoms with Crippen LogP contribution in [0.15, 0.2) is 48.5 Å². The highest BCUT2D eigenvalue weighted by atomic mass is 19.1. The third-order valence-corrected chi connectivity index (χ3v) is 2.74. The fourth-order valence-corrected chi connectivity index (χ4v) is 1.74. The topological polar surface area (TPSA) is 69.4 Å². The van der Waals surface area contributed by atoms with Gasteiger partial charge in [-0.1, -0.05) is 30.3 Å². The van der Waals surface area contributed by atoms with Crippen LogP contribution in [-0.4, -0.2) is 11.9 Å². The number of primary amides is 1. The first-order valence-electron chi connectivity index (χ1n) is 5.99. The summed E-state index contributed by atoms with van der Waals surface area (Å²) < 4.78 is 31.2. The highest BCUT2D eigenvalue weighted by molar-refractivity contribution is 5.92. The molecule has 1 unspecified atom stereocenters. The molecule has 0 saturated carbocycles. The van der Waals surface area contributed by atoms with E-state index in [1.54, 1.807) is 30.3 Å². The highest BCUT2D eigenvalue weighted by Gasteiger charge is 2.24. The molecule has 21 heavy (non-hydrogen) atoms. The van der Waals surface area contributed by atoms with E-state index in [1.165, 1.54) is 0 Å². The number of benzene rings is 2. The van der Waals surface area contributed by atoms with Crippen molar-refractivity contribution in [1.29, 1.82) is 0 Å². The van der Waals surface area contributed by atoms with Crippen LogP contribution < -0.4 is 5.73 Å². The summed E-state index contributed by atoms with van der Waals surface area (Å²) in [6.45, 7) is 0. The number of nitrogens with two attached hydrogens (primary N) is 1. The van der Waals surface area contributed by atoms with Gasteiger partial charge < -0.3 is 10.5 Å². The van der Waals surface area contributed by atoms with Crippen molar-refractivity contribution in [2.45, 2.75) is 6.10 Å². The van der Waals surface area contributed by atoms with Crippen molar-refractivity contribution in [2.75, 3.05) is 0 Å². The van der Waals surface area contributed by atoms with Gasteiger partial charge in [0.15, 0.2) is 0 Å². The predicted octanol–water partition coefficient (Wildman–Crippen LogP) is 2.35. The van der Waals surface area contributed by atoms with E-state index in [9.17, 15) is 18.4 Å². The third-order valence-electron chi connectivity index (χ3n) is 2.74. The van der Waals surface area contributed by atoms with Gasteiger partial charge in [-0.05, 0) is 12.1 Å². The van der Waals surface area contributed by atoms with Crippen LogP contribution in [-0.2, 0) is 9.53 Å². The number of amides is 1. The van der Waals surface area contributed by atoms with Gasteiger partial charge in [-0.2, -0.15) is 0 Å². The third kappa shape index (κ3) is 3.42. The second-order valence-electron chi connectivity index (χ2n) is 4.22. The Labute approximate surface area is 119 Å². The van der Waals surface area contributed by atoms with Gasteiger partial charge in [0.1, 0.15) is 11.6 Å². The van der Waals surface area contributed by atoms with Crippen LogP contribution in [0.5, 0.6) is 0 Å². The fourth-order valence-electron chi connectivity index (χ4n) is 1.74. The summed E-state index contributed by atoms with van der Waals surface area (Å²) in [6, 6.07) is 10.5. The molecule has 0 bridgehead atoms. The zero-order valence-corrected chi connectivity index (χ0v) is 10.8. The number of esters is 1. The molecule has 0 aliphatic carbocycles. The zero-order chi connectivity index (χ0) is 15.4. The van der Waals surface area contributed by atoms with Gasteiger partial charge in [0, 0.05) is 11.6 Å². The Morgan fingerprint density at radius 2 is 1.71 bits per heavy atom. The standard InChI is InChI=1S/C15H11F2NO3/c16-10-6-7-11(12(17)8-10)15(20)21-13(14(18)19)9-4-2-1-3-5-9/h1-8,13H,(H2,18,19). The van der Waals surface area contributed by atoms with Crippen LogP contribution in [0.25, 0.3) is 0 Å². The highest BCUT2D eigenvalue weighted by Crippen LogP contribution is 2.20. The van der Waals surface area contributed by atoms with E-state index in [0.717, 1.165) is 12.1 Å². The zero-order valence-electron chi connectivity index (χ0n) is 10.8. The van der Waals surface area contributed by atoms with Gasteiger partial charge in [-0.3, -0.25) is 4.79 Å². The first-order chi connectivity index (χ1) is 9.99. The molecule has 0 aliphatic rings. The van der Waals surface area contributed by atoms with Crippen molar-refractivity contribution in [2.24, 2.45) is 5.73 Å². The Morgan fingerprint density at radius 1 is 1.05 bits per heavy atom. The van der Waals surface area contributed by atoms with Gasteiger partial charge in [0.05, 0.1) is 5.56 Å². The molecule has 6 heteroatoms. The SMILES string of the molecule is NC(=O)C(OC(=O)c1ccc(F)cc1F)c1ccccc1. The van der Waals surface area contributed by atoms with Crippen molar-refractivity contribution in [3.63, 3.8) is 0 Å². The summed E-state index contributed by atoms with van der Waals surface area (Å²) in [5.74, 6) is -3.88. The Bertz CT molecular complexity index is 674. The Morgan fingerprint density at radius 3 is 2.29 bits per heavy atom. The van der Waals surface area contributed by atoms with Crippen molar-refractivity contribution in [3.05, 3.63) is 71.3 Å². The second kappa shape index (κ2) is 6.13. The molecule has 4 nitrogen and oxygen atoms in total. The summed E-state index contributed by atoms with van der Waals surface area (Å²) in [6.07, 6.45) is -1.34. The largest absolute Gasteiger partial charge is 0.444 e. The number of halogens is 2. The van der Waals surface area contributed by atoms with Crippen molar-refractivity contribution >= 4 is 11.9 Å². The lowest BCUT2D eigenvalue weighted by Gasteiger charge is -2.15. The lowest BCUT2D eigenvalue weighted by atomic mass is 10.1. The molecule has 108 valence electrons. The van der Waals surface area contributed by atoms with Crippen molar-refractivity contribution < 1.29 is 23.1 Å². The van der Waals surface area contributed by atoms with Crippen LogP contribution >= 0.6 is 0 Å². The molecule has 1 amide bonds. The molecular formula is C15H11F2NO3. The number of ether oxygens (including phenoxy) is 1. The smallest absolute Gasteiger partial charge is 0.342 e. The minimum atomic E-state index is -1.34. The summed E-state index contributed by atoms with van der Waals surface area (Å²) in [7, 11) is 0. The number of hydrogen-bond donors (Lipinski definition) is 1.